The number of carbonyl (C=O) groups excluding carboxylic acids is 1. The predicted octanol–water partition coefficient (Wildman–Crippen LogP) is 2.93. The zero-order valence-electron chi connectivity index (χ0n) is 14.0. The van der Waals surface area contributed by atoms with Crippen LogP contribution in [0.1, 0.15) is 24.9 Å². The molecule has 6 heteroatoms. The molecule has 3 aromatic rings. The number of rotatable bonds is 6. The van der Waals surface area contributed by atoms with Gasteiger partial charge >= 0.3 is 0 Å². The van der Waals surface area contributed by atoms with Crippen molar-refractivity contribution in [1.29, 1.82) is 5.26 Å². The van der Waals surface area contributed by atoms with Crippen molar-refractivity contribution < 1.29 is 4.79 Å². The Balaban J connectivity index is 1.84. The van der Waals surface area contributed by atoms with Crippen molar-refractivity contribution in [2.45, 2.75) is 25.9 Å². The molecule has 0 N–H and O–H groups in total. The minimum absolute atomic E-state index is 0.0396. The van der Waals surface area contributed by atoms with E-state index in [0.29, 0.717) is 19.5 Å². The molecule has 0 radical (unpaired) electrons. The summed E-state index contributed by atoms with van der Waals surface area (Å²) in [6, 6.07) is 13.2. The molecule has 1 aromatic carbocycles. The molecule has 3 rings (SSSR count). The molecule has 0 aliphatic carbocycles. The first kappa shape index (κ1) is 16.7. The molecule has 0 fully saturated rings. The largest absolute Gasteiger partial charge is 0.335 e. The van der Waals surface area contributed by atoms with Crippen molar-refractivity contribution in [3.8, 4) is 6.07 Å². The van der Waals surface area contributed by atoms with Crippen LogP contribution in [0.5, 0.6) is 0 Å². The molecule has 25 heavy (non-hydrogen) atoms. The van der Waals surface area contributed by atoms with E-state index >= 15 is 0 Å². The third kappa shape index (κ3) is 3.66. The van der Waals surface area contributed by atoms with Gasteiger partial charge in [0.05, 0.1) is 29.9 Å². The highest BCUT2D eigenvalue weighted by molar-refractivity contribution is 5.83. The zero-order chi connectivity index (χ0) is 17.6. The molecule has 0 bridgehead atoms. The average molecular weight is 333 g/mol. The lowest BCUT2D eigenvalue weighted by Gasteiger charge is -2.26. The van der Waals surface area contributed by atoms with E-state index in [0.717, 1.165) is 16.6 Å². The average Bonchev–Trinajstić information content (AvgIpc) is 3.09. The molecule has 0 spiro atoms. The summed E-state index contributed by atoms with van der Waals surface area (Å²) < 4.78 is 1.88. The monoisotopic (exact) mass is 333 g/mol. The van der Waals surface area contributed by atoms with E-state index < -0.39 is 6.04 Å². The number of amides is 1. The second kappa shape index (κ2) is 7.58. The summed E-state index contributed by atoms with van der Waals surface area (Å²) in [7, 11) is 0. The normalized spacial score (nSPS) is 11.8. The molecule has 6 nitrogen and oxygen atoms in total. The van der Waals surface area contributed by atoms with Crippen LogP contribution in [-0.2, 0) is 11.3 Å². The van der Waals surface area contributed by atoms with Crippen LogP contribution in [0.25, 0.3) is 11.0 Å². The lowest BCUT2D eigenvalue weighted by molar-refractivity contribution is -0.134. The first-order valence-corrected chi connectivity index (χ1v) is 8.17. The summed E-state index contributed by atoms with van der Waals surface area (Å²) in [5, 5.41) is 8.91. The van der Waals surface area contributed by atoms with Gasteiger partial charge in [-0.2, -0.15) is 5.26 Å². The number of imidazole rings is 1. The molecule has 126 valence electrons. The fraction of sp³-hybridized carbons (Fsp3) is 0.263. The number of para-hydroxylation sites is 2. The number of aromatic nitrogens is 3. The highest BCUT2D eigenvalue weighted by Gasteiger charge is 2.23. The summed E-state index contributed by atoms with van der Waals surface area (Å²) in [5.41, 5.74) is 2.72. The van der Waals surface area contributed by atoms with E-state index in [2.05, 4.69) is 16.0 Å². The van der Waals surface area contributed by atoms with E-state index in [9.17, 15) is 4.79 Å². The van der Waals surface area contributed by atoms with Gasteiger partial charge in [0.1, 0.15) is 6.04 Å². The van der Waals surface area contributed by atoms with Crippen LogP contribution in [-0.4, -0.2) is 31.9 Å². The number of nitrogens with zero attached hydrogens (tertiary/aromatic N) is 5. The highest BCUT2D eigenvalue weighted by atomic mass is 16.2. The van der Waals surface area contributed by atoms with Crippen LogP contribution >= 0.6 is 0 Å². The minimum Gasteiger partial charge on any atom is -0.335 e. The number of benzene rings is 1. The van der Waals surface area contributed by atoms with Crippen molar-refractivity contribution in [1.82, 2.24) is 19.4 Å². The number of nitriles is 1. The number of carbonyl (C=O) groups is 1. The Hall–Kier alpha value is -3.20. The van der Waals surface area contributed by atoms with E-state index in [1.807, 2.05) is 47.9 Å². The number of hydrogen-bond donors (Lipinski definition) is 0. The Morgan fingerprint density at radius 1 is 1.32 bits per heavy atom. The smallest absolute Gasteiger partial charge is 0.245 e. The first-order chi connectivity index (χ1) is 12.2. The predicted molar refractivity (Wildman–Crippen MR) is 94.3 cm³/mol. The molecule has 0 saturated heterocycles. The van der Waals surface area contributed by atoms with Crippen LogP contribution in [0.4, 0.5) is 0 Å². The van der Waals surface area contributed by atoms with Crippen LogP contribution in [0.15, 0.2) is 55.1 Å². The van der Waals surface area contributed by atoms with Gasteiger partial charge < -0.3 is 9.47 Å². The number of pyridine rings is 1. The second-order valence-electron chi connectivity index (χ2n) is 5.85. The van der Waals surface area contributed by atoms with Gasteiger partial charge in [-0.15, -0.1) is 0 Å². The van der Waals surface area contributed by atoms with Gasteiger partial charge in [0.15, 0.2) is 0 Å². The minimum atomic E-state index is -0.400. The Morgan fingerprint density at radius 2 is 2.16 bits per heavy atom. The van der Waals surface area contributed by atoms with Gasteiger partial charge in [0.2, 0.25) is 5.91 Å². The second-order valence-corrected chi connectivity index (χ2v) is 5.85. The third-order valence-electron chi connectivity index (χ3n) is 4.16. The first-order valence-electron chi connectivity index (χ1n) is 8.17. The van der Waals surface area contributed by atoms with Crippen LogP contribution in [0.3, 0.4) is 0 Å². The molecule has 0 aliphatic heterocycles. The van der Waals surface area contributed by atoms with E-state index in [1.165, 1.54) is 0 Å². The summed E-state index contributed by atoms with van der Waals surface area (Å²) in [6.07, 6.45) is 5.43. The van der Waals surface area contributed by atoms with E-state index in [4.69, 9.17) is 5.26 Å². The molecule has 2 heterocycles. The standard InChI is InChI=1S/C19H19N5O/c1-15(24-14-22-17-7-2-3-8-18(17)24)19(25)23(11-5-9-20)13-16-6-4-10-21-12-16/h2-4,6-8,10,12,14-15H,5,11,13H2,1H3. The lowest BCUT2D eigenvalue weighted by atomic mass is 10.2. The molecular formula is C19H19N5O. The van der Waals surface area contributed by atoms with Gasteiger partial charge in [0.25, 0.3) is 0 Å². The zero-order valence-corrected chi connectivity index (χ0v) is 14.0. The summed E-state index contributed by atoms with van der Waals surface area (Å²) in [6.45, 7) is 2.69. The van der Waals surface area contributed by atoms with Gasteiger partial charge in [0, 0.05) is 25.5 Å². The molecular weight excluding hydrogens is 314 g/mol. The Morgan fingerprint density at radius 3 is 2.92 bits per heavy atom. The molecule has 0 saturated carbocycles. The Labute approximate surface area is 146 Å². The fourth-order valence-electron chi connectivity index (χ4n) is 2.83. The Bertz CT molecular complexity index is 897. The fourth-order valence-corrected chi connectivity index (χ4v) is 2.83. The van der Waals surface area contributed by atoms with Gasteiger partial charge in [-0.3, -0.25) is 9.78 Å². The highest BCUT2D eigenvalue weighted by Crippen LogP contribution is 2.20. The summed E-state index contributed by atoms with van der Waals surface area (Å²) >= 11 is 0. The van der Waals surface area contributed by atoms with Crippen molar-refractivity contribution in [2.24, 2.45) is 0 Å². The van der Waals surface area contributed by atoms with Crippen LogP contribution in [0.2, 0.25) is 0 Å². The Kier molecular flexibility index (Phi) is 5.05. The van der Waals surface area contributed by atoms with Gasteiger partial charge in [-0.25, -0.2) is 4.98 Å². The van der Waals surface area contributed by atoms with Crippen molar-refractivity contribution >= 4 is 16.9 Å². The van der Waals surface area contributed by atoms with Gasteiger partial charge in [-0.1, -0.05) is 18.2 Å². The molecule has 1 amide bonds. The maximum atomic E-state index is 13.0. The maximum Gasteiger partial charge on any atom is 0.245 e. The molecule has 0 aliphatic rings. The van der Waals surface area contributed by atoms with Crippen LogP contribution < -0.4 is 0 Å². The number of fused-ring (bicyclic) bond motifs is 1. The number of hydrogen-bond acceptors (Lipinski definition) is 4. The summed E-state index contributed by atoms with van der Waals surface area (Å²) in [4.78, 5) is 23.2. The van der Waals surface area contributed by atoms with Gasteiger partial charge in [-0.05, 0) is 30.7 Å². The quantitative estimate of drug-likeness (QED) is 0.695. The molecule has 2 aromatic heterocycles. The molecule has 1 unspecified atom stereocenters. The topological polar surface area (TPSA) is 74.8 Å². The lowest BCUT2D eigenvalue weighted by Crippen LogP contribution is -2.36. The summed E-state index contributed by atoms with van der Waals surface area (Å²) in [5.74, 6) is -0.0396. The maximum absolute atomic E-state index is 13.0. The third-order valence-corrected chi connectivity index (χ3v) is 4.16. The van der Waals surface area contributed by atoms with E-state index in [1.54, 1.807) is 23.6 Å². The van der Waals surface area contributed by atoms with Crippen molar-refractivity contribution in [3.05, 3.63) is 60.7 Å². The van der Waals surface area contributed by atoms with E-state index in [-0.39, 0.29) is 5.91 Å². The van der Waals surface area contributed by atoms with Crippen molar-refractivity contribution in [2.75, 3.05) is 6.54 Å². The van der Waals surface area contributed by atoms with Crippen molar-refractivity contribution in [3.63, 3.8) is 0 Å². The SMILES string of the molecule is CC(C(=O)N(CCC#N)Cc1cccnc1)n1cnc2ccccc21. The van der Waals surface area contributed by atoms with Crippen LogP contribution in [0, 0.1) is 11.3 Å². The molecule has 1 atom stereocenters.